The van der Waals surface area contributed by atoms with Gasteiger partial charge in [-0.2, -0.15) is 0 Å². The average Bonchev–Trinajstić information content (AvgIpc) is 3.11. The van der Waals surface area contributed by atoms with E-state index in [4.69, 9.17) is 10.1 Å². The second-order valence-electron chi connectivity index (χ2n) is 5.94. The molecule has 25 heavy (non-hydrogen) atoms. The molecule has 6 heteroatoms. The molecule has 1 aliphatic heterocycles. The van der Waals surface area contributed by atoms with E-state index in [-0.39, 0.29) is 18.1 Å². The number of nitrogens with one attached hydrogen (secondary N) is 1. The summed E-state index contributed by atoms with van der Waals surface area (Å²) in [4.78, 5) is 6.35. The Morgan fingerprint density at radius 1 is 1.16 bits per heavy atom. The van der Waals surface area contributed by atoms with Gasteiger partial charge in [0.25, 0.3) is 0 Å². The third-order valence-corrected chi connectivity index (χ3v) is 4.48. The van der Waals surface area contributed by atoms with Crippen molar-refractivity contribution < 1.29 is 9.84 Å². The molecule has 0 saturated carbocycles. The lowest BCUT2D eigenvalue weighted by atomic mass is 10.2. The highest BCUT2D eigenvalue weighted by molar-refractivity contribution is 6.30. The summed E-state index contributed by atoms with van der Waals surface area (Å²) in [6.07, 6.45) is 0. The summed E-state index contributed by atoms with van der Waals surface area (Å²) in [7, 11) is 3.50. The number of aliphatic hydroxyl groups excluding tert-OH is 1. The van der Waals surface area contributed by atoms with E-state index in [1.54, 1.807) is 12.0 Å². The predicted molar refractivity (Wildman–Crippen MR) is 98.3 cm³/mol. The van der Waals surface area contributed by atoms with E-state index < -0.39 is 0 Å². The molecule has 2 aromatic carbocycles. The fourth-order valence-corrected chi connectivity index (χ4v) is 3.18. The van der Waals surface area contributed by atoms with Gasteiger partial charge >= 0.3 is 0 Å². The first-order chi connectivity index (χ1) is 12.1. The number of aliphatic hydroxyl groups is 1. The van der Waals surface area contributed by atoms with Crippen LogP contribution in [0.25, 0.3) is 16.6 Å². The molecule has 0 aliphatic carbocycles. The molecule has 4 rings (SSSR count). The lowest BCUT2D eigenvalue weighted by molar-refractivity contribution is 0.410. The fourth-order valence-electron chi connectivity index (χ4n) is 3.18. The number of amidine groups is 1. The number of methoxy groups -OCH3 is 1. The summed E-state index contributed by atoms with van der Waals surface area (Å²) >= 11 is 0. The number of benzene rings is 2. The highest BCUT2D eigenvalue weighted by Gasteiger charge is 2.32. The predicted octanol–water partition coefficient (Wildman–Crippen LogP) is 3.35. The van der Waals surface area contributed by atoms with Crippen LogP contribution in [0.2, 0.25) is 0 Å². The Hall–Kier alpha value is -3.28. The second-order valence-corrected chi connectivity index (χ2v) is 5.94. The van der Waals surface area contributed by atoms with Crippen molar-refractivity contribution in [3.8, 4) is 5.75 Å². The van der Waals surface area contributed by atoms with Crippen molar-refractivity contribution in [1.29, 1.82) is 5.41 Å². The van der Waals surface area contributed by atoms with Gasteiger partial charge in [-0.3, -0.25) is 5.41 Å². The zero-order chi connectivity index (χ0) is 17.6. The molecule has 1 aliphatic rings. The first-order valence-electron chi connectivity index (χ1n) is 7.94. The number of para-hydroxylation sites is 2. The molecule has 0 saturated heterocycles. The highest BCUT2D eigenvalue weighted by Crippen LogP contribution is 2.33. The van der Waals surface area contributed by atoms with Crippen molar-refractivity contribution in [1.82, 2.24) is 9.55 Å². The third-order valence-electron chi connectivity index (χ3n) is 4.48. The minimum Gasteiger partial charge on any atom is -0.509 e. The molecule has 0 bridgehead atoms. The Kier molecular flexibility index (Phi) is 3.46. The van der Waals surface area contributed by atoms with Gasteiger partial charge in [0.15, 0.2) is 0 Å². The van der Waals surface area contributed by atoms with E-state index in [0.717, 1.165) is 16.7 Å². The van der Waals surface area contributed by atoms with Gasteiger partial charge < -0.3 is 19.3 Å². The molecular weight excluding hydrogens is 316 g/mol. The van der Waals surface area contributed by atoms with Gasteiger partial charge in [0.2, 0.25) is 0 Å². The maximum Gasteiger partial charge on any atom is 0.148 e. The monoisotopic (exact) mass is 334 g/mol. The van der Waals surface area contributed by atoms with Gasteiger partial charge in [0.1, 0.15) is 23.2 Å². The molecule has 126 valence electrons. The van der Waals surface area contributed by atoms with Gasteiger partial charge in [-0.05, 0) is 24.3 Å². The molecule has 1 aromatic heterocycles. The van der Waals surface area contributed by atoms with E-state index in [2.05, 4.69) is 4.98 Å². The third kappa shape index (κ3) is 2.34. The van der Waals surface area contributed by atoms with E-state index >= 15 is 0 Å². The largest absolute Gasteiger partial charge is 0.509 e. The molecule has 3 aromatic rings. The smallest absolute Gasteiger partial charge is 0.148 e. The maximum absolute atomic E-state index is 10.5. The van der Waals surface area contributed by atoms with E-state index in [0.29, 0.717) is 17.1 Å². The average molecular weight is 334 g/mol. The van der Waals surface area contributed by atoms with Gasteiger partial charge in [-0.25, -0.2) is 4.98 Å². The van der Waals surface area contributed by atoms with Crippen LogP contribution >= 0.6 is 0 Å². The van der Waals surface area contributed by atoms with Crippen LogP contribution in [-0.2, 0) is 7.05 Å². The minimum absolute atomic E-state index is 0.145. The Labute approximate surface area is 145 Å². The number of ether oxygens (including phenoxy) is 1. The number of nitrogens with zero attached hydrogens (tertiary/aromatic N) is 3. The van der Waals surface area contributed by atoms with Crippen LogP contribution in [0, 0.1) is 5.41 Å². The van der Waals surface area contributed by atoms with Crippen LogP contribution in [0.3, 0.4) is 0 Å². The molecule has 0 atom stereocenters. The number of hydrogen-bond donors (Lipinski definition) is 2. The van der Waals surface area contributed by atoms with Gasteiger partial charge in [-0.1, -0.05) is 18.2 Å². The summed E-state index contributed by atoms with van der Waals surface area (Å²) in [5, 5.41) is 19.1. The lowest BCUT2D eigenvalue weighted by Gasteiger charge is -2.19. The number of aryl methyl sites for hydroxylation is 1. The van der Waals surface area contributed by atoms with Gasteiger partial charge in [0.05, 0.1) is 30.3 Å². The van der Waals surface area contributed by atoms with E-state index in [1.165, 1.54) is 0 Å². The SMILES string of the molecule is COc1cccc(N2CC(O)=C(c3nc4ccccc4n3C)C2=N)c1. The first-order valence-corrected chi connectivity index (χ1v) is 7.94. The summed E-state index contributed by atoms with van der Waals surface area (Å²) in [5.74, 6) is 1.67. The molecule has 2 N–H and O–H groups in total. The molecule has 0 radical (unpaired) electrons. The number of anilines is 1. The van der Waals surface area contributed by atoms with Crippen LogP contribution < -0.4 is 9.64 Å². The van der Waals surface area contributed by atoms with Gasteiger partial charge in [0, 0.05) is 18.8 Å². The summed E-state index contributed by atoms with van der Waals surface area (Å²) < 4.78 is 7.16. The highest BCUT2D eigenvalue weighted by atomic mass is 16.5. The number of rotatable bonds is 3. The zero-order valence-corrected chi connectivity index (χ0v) is 14.0. The number of fused-ring (bicyclic) bond motifs is 1. The Balaban J connectivity index is 1.76. The normalized spacial score (nSPS) is 14.6. The number of hydrogen-bond acceptors (Lipinski definition) is 4. The molecule has 0 amide bonds. The summed E-state index contributed by atoms with van der Waals surface area (Å²) in [6.45, 7) is 0.241. The van der Waals surface area contributed by atoms with Gasteiger partial charge in [-0.15, -0.1) is 0 Å². The van der Waals surface area contributed by atoms with Crippen LogP contribution in [0.5, 0.6) is 5.75 Å². The quantitative estimate of drug-likeness (QED) is 0.770. The molecule has 0 unspecified atom stereocenters. The van der Waals surface area contributed by atoms with Crippen molar-refractivity contribution in [3.05, 3.63) is 60.1 Å². The Morgan fingerprint density at radius 2 is 1.96 bits per heavy atom. The van der Waals surface area contributed by atoms with Crippen molar-refractivity contribution in [3.63, 3.8) is 0 Å². The minimum atomic E-state index is 0.145. The number of imidazole rings is 1. The maximum atomic E-state index is 10.5. The Morgan fingerprint density at radius 3 is 2.72 bits per heavy atom. The summed E-state index contributed by atoms with van der Waals surface area (Å²) in [6, 6.07) is 15.2. The van der Waals surface area contributed by atoms with E-state index in [1.807, 2.05) is 60.1 Å². The van der Waals surface area contributed by atoms with Crippen LogP contribution in [0.1, 0.15) is 5.82 Å². The molecule has 6 nitrogen and oxygen atoms in total. The second kappa shape index (κ2) is 5.66. The van der Waals surface area contributed by atoms with Crippen molar-refractivity contribution in [2.24, 2.45) is 7.05 Å². The van der Waals surface area contributed by atoms with Crippen molar-refractivity contribution in [2.45, 2.75) is 0 Å². The van der Waals surface area contributed by atoms with Crippen molar-refractivity contribution >= 4 is 28.1 Å². The van der Waals surface area contributed by atoms with Crippen molar-refractivity contribution in [2.75, 3.05) is 18.6 Å². The van der Waals surface area contributed by atoms with Crippen LogP contribution in [0.15, 0.2) is 54.3 Å². The van der Waals surface area contributed by atoms with Crippen LogP contribution in [0.4, 0.5) is 5.69 Å². The molecule has 0 fully saturated rings. The fraction of sp³-hybridized carbons (Fsp3) is 0.158. The summed E-state index contributed by atoms with van der Waals surface area (Å²) in [5.41, 5.74) is 3.06. The Bertz CT molecular complexity index is 1020. The number of aromatic nitrogens is 2. The first kappa shape index (κ1) is 15.3. The standard InChI is InChI=1S/C19H18N4O2/c1-22-15-9-4-3-8-14(15)21-19(22)17-16(24)11-23(18(17)20)12-6-5-7-13(10-12)25-2/h3-10,20,24H,11H2,1-2H3. The molecular formula is C19H18N4O2. The zero-order valence-electron chi connectivity index (χ0n) is 14.0. The molecule has 0 spiro atoms. The van der Waals surface area contributed by atoms with Crippen LogP contribution in [-0.4, -0.2) is 34.1 Å². The molecule has 2 heterocycles. The van der Waals surface area contributed by atoms with E-state index in [9.17, 15) is 5.11 Å². The lowest BCUT2D eigenvalue weighted by Crippen LogP contribution is -2.26. The topological polar surface area (TPSA) is 74.4 Å².